The normalized spacial score (nSPS) is 31.3. The number of hydrogen-bond donors (Lipinski definition) is 1. The number of carboxylic acids is 1. The summed E-state index contributed by atoms with van der Waals surface area (Å²) in [7, 11) is 2.09. The molecular weight excluding hydrogens is 290 g/mol. The summed E-state index contributed by atoms with van der Waals surface area (Å²) in [5.74, 6) is 0.776. The van der Waals surface area contributed by atoms with Crippen molar-refractivity contribution in [1.82, 2.24) is 14.7 Å². The van der Waals surface area contributed by atoms with Crippen LogP contribution in [-0.4, -0.2) is 88.1 Å². The number of hydrogen-bond acceptors (Lipinski definition) is 4. The Morgan fingerprint density at radius 3 is 2.43 bits per heavy atom. The van der Waals surface area contributed by atoms with Gasteiger partial charge in [-0.1, -0.05) is 0 Å². The Balaban J connectivity index is 2.04. The van der Waals surface area contributed by atoms with Gasteiger partial charge in [-0.2, -0.15) is 11.8 Å². The first-order valence-electron chi connectivity index (χ1n) is 7.47. The smallest absolute Gasteiger partial charge is 0.320 e. The molecule has 6 nitrogen and oxygen atoms in total. The molecule has 0 aliphatic carbocycles. The molecule has 120 valence electrons. The second kappa shape index (κ2) is 6.87. The number of thioether (sulfide) groups is 1. The molecule has 0 bridgehead atoms. The van der Waals surface area contributed by atoms with Gasteiger partial charge in [-0.3, -0.25) is 9.69 Å². The van der Waals surface area contributed by atoms with E-state index in [-0.39, 0.29) is 18.5 Å². The van der Waals surface area contributed by atoms with Crippen molar-refractivity contribution in [3.63, 3.8) is 0 Å². The van der Waals surface area contributed by atoms with Gasteiger partial charge in [-0.05, 0) is 20.9 Å². The molecule has 0 aromatic rings. The van der Waals surface area contributed by atoms with Crippen LogP contribution in [0, 0.1) is 0 Å². The summed E-state index contributed by atoms with van der Waals surface area (Å²) in [5, 5.41) is 9.03. The van der Waals surface area contributed by atoms with E-state index >= 15 is 0 Å². The van der Waals surface area contributed by atoms with Crippen molar-refractivity contribution in [3.8, 4) is 0 Å². The van der Waals surface area contributed by atoms with Gasteiger partial charge in [0.25, 0.3) is 0 Å². The molecule has 0 radical (unpaired) electrons. The average molecular weight is 315 g/mol. The fourth-order valence-electron chi connectivity index (χ4n) is 3.02. The van der Waals surface area contributed by atoms with E-state index in [2.05, 4.69) is 25.8 Å². The minimum atomic E-state index is -0.833. The summed E-state index contributed by atoms with van der Waals surface area (Å²) in [4.78, 5) is 29.7. The van der Waals surface area contributed by atoms with Gasteiger partial charge in [0.1, 0.15) is 0 Å². The van der Waals surface area contributed by atoms with Crippen LogP contribution in [0.5, 0.6) is 0 Å². The van der Waals surface area contributed by atoms with Crippen LogP contribution in [0.15, 0.2) is 0 Å². The van der Waals surface area contributed by atoms with Gasteiger partial charge in [-0.25, -0.2) is 4.79 Å². The monoisotopic (exact) mass is 315 g/mol. The lowest BCUT2D eigenvalue weighted by molar-refractivity contribution is -0.138. The molecule has 0 aromatic heterocycles. The number of carboxylic acid groups (broad SMARTS) is 1. The number of likely N-dealkylation sites (N-methyl/N-ethyl adjacent to an activating group) is 1. The van der Waals surface area contributed by atoms with E-state index in [1.54, 1.807) is 16.7 Å². The molecule has 2 fully saturated rings. The molecule has 21 heavy (non-hydrogen) atoms. The van der Waals surface area contributed by atoms with Crippen LogP contribution in [0.2, 0.25) is 0 Å². The molecular formula is C14H25N3O3S. The molecule has 3 unspecified atom stereocenters. The summed E-state index contributed by atoms with van der Waals surface area (Å²) >= 11 is 1.73. The fraction of sp³-hybridized carbons (Fsp3) is 0.857. The van der Waals surface area contributed by atoms with Gasteiger partial charge in [-0.15, -0.1) is 0 Å². The van der Waals surface area contributed by atoms with Gasteiger partial charge in [0.15, 0.2) is 0 Å². The molecule has 2 aliphatic rings. The first-order chi connectivity index (χ1) is 9.90. The number of carbonyl (C=O) groups excluding carboxylic acids is 1. The van der Waals surface area contributed by atoms with E-state index in [1.807, 2.05) is 4.90 Å². The van der Waals surface area contributed by atoms with Crippen molar-refractivity contribution in [1.29, 1.82) is 0 Å². The SMILES string of the molecule is CC1CN(C(=O)N2CCSCC2CC(=O)O)CC(C)N1C. The predicted octanol–water partition coefficient (Wildman–Crippen LogP) is 1.02. The van der Waals surface area contributed by atoms with E-state index in [4.69, 9.17) is 5.11 Å². The minimum absolute atomic E-state index is 0.00773. The third-order valence-electron chi connectivity index (χ3n) is 4.51. The number of carbonyl (C=O) groups is 2. The summed E-state index contributed by atoms with van der Waals surface area (Å²) in [6.45, 7) is 6.32. The van der Waals surface area contributed by atoms with Crippen LogP contribution in [0.3, 0.4) is 0 Å². The van der Waals surface area contributed by atoms with E-state index in [0.717, 1.165) is 11.5 Å². The summed E-state index contributed by atoms with van der Waals surface area (Å²) in [6, 6.07) is 0.483. The summed E-state index contributed by atoms with van der Waals surface area (Å²) < 4.78 is 0. The number of rotatable bonds is 2. The topological polar surface area (TPSA) is 64.1 Å². The van der Waals surface area contributed by atoms with Crippen LogP contribution in [-0.2, 0) is 4.79 Å². The van der Waals surface area contributed by atoms with E-state index in [9.17, 15) is 9.59 Å². The Morgan fingerprint density at radius 1 is 1.24 bits per heavy atom. The van der Waals surface area contributed by atoms with Crippen LogP contribution < -0.4 is 0 Å². The third-order valence-corrected chi connectivity index (χ3v) is 5.61. The zero-order valence-electron chi connectivity index (χ0n) is 13.0. The Labute approximate surface area is 130 Å². The molecule has 2 aliphatic heterocycles. The zero-order valence-corrected chi connectivity index (χ0v) is 13.8. The number of aliphatic carboxylic acids is 1. The second-order valence-electron chi connectivity index (χ2n) is 6.07. The summed E-state index contributed by atoms with van der Waals surface area (Å²) in [5.41, 5.74) is 0. The Bertz CT molecular complexity index is 395. The van der Waals surface area contributed by atoms with Crippen molar-refractivity contribution in [2.45, 2.75) is 38.4 Å². The third kappa shape index (κ3) is 3.83. The number of urea groups is 1. The maximum atomic E-state index is 12.8. The second-order valence-corrected chi connectivity index (χ2v) is 7.22. The maximum Gasteiger partial charge on any atom is 0.320 e. The molecule has 2 saturated heterocycles. The van der Waals surface area contributed by atoms with Gasteiger partial charge < -0.3 is 14.9 Å². The standard InChI is InChI=1S/C14H25N3O3S/c1-10-7-16(8-11(2)15(10)3)14(20)17-4-5-21-9-12(17)6-13(18)19/h10-12H,4-9H2,1-3H3,(H,18,19). The fourth-order valence-corrected chi connectivity index (χ4v) is 4.08. The van der Waals surface area contributed by atoms with Crippen LogP contribution in [0.25, 0.3) is 0 Å². The predicted molar refractivity (Wildman–Crippen MR) is 83.7 cm³/mol. The molecule has 2 heterocycles. The maximum absolute atomic E-state index is 12.8. The lowest BCUT2D eigenvalue weighted by Gasteiger charge is -2.45. The van der Waals surface area contributed by atoms with Gasteiger partial charge in [0, 0.05) is 43.2 Å². The molecule has 0 spiro atoms. The highest BCUT2D eigenvalue weighted by Gasteiger charge is 2.35. The number of nitrogens with zero attached hydrogens (tertiary/aromatic N) is 3. The molecule has 0 aromatic carbocycles. The molecule has 7 heteroatoms. The molecule has 0 saturated carbocycles. The minimum Gasteiger partial charge on any atom is -0.481 e. The van der Waals surface area contributed by atoms with E-state index in [0.29, 0.717) is 31.7 Å². The van der Waals surface area contributed by atoms with Crippen molar-refractivity contribution >= 4 is 23.8 Å². The van der Waals surface area contributed by atoms with Gasteiger partial charge >= 0.3 is 12.0 Å². The lowest BCUT2D eigenvalue weighted by atomic mass is 10.1. The van der Waals surface area contributed by atoms with Crippen LogP contribution in [0.4, 0.5) is 4.79 Å². The first kappa shape index (κ1) is 16.4. The summed E-state index contributed by atoms with van der Waals surface area (Å²) in [6.07, 6.45) is 0.0393. The van der Waals surface area contributed by atoms with Crippen molar-refractivity contribution in [2.24, 2.45) is 0 Å². The van der Waals surface area contributed by atoms with Crippen molar-refractivity contribution in [2.75, 3.05) is 38.2 Å². The Hall–Kier alpha value is -0.950. The van der Waals surface area contributed by atoms with Crippen molar-refractivity contribution < 1.29 is 14.7 Å². The first-order valence-corrected chi connectivity index (χ1v) is 8.62. The zero-order chi connectivity index (χ0) is 15.6. The highest BCUT2D eigenvalue weighted by Crippen LogP contribution is 2.22. The van der Waals surface area contributed by atoms with Crippen LogP contribution >= 0.6 is 11.8 Å². The largest absolute Gasteiger partial charge is 0.481 e. The van der Waals surface area contributed by atoms with E-state index in [1.165, 1.54) is 0 Å². The van der Waals surface area contributed by atoms with Crippen LogP contribution in [0.1, 0.15) is 20.3 Å². The molecule has 1 N–H and O–H groups in total. The molecule has 2 amide bonds. The highest BCUT2D eigenvalue weighted by molar-refractivity contribution is 7.99. The Kier molecular flexibility index (Phi) is 5.37. The van der Waals surface area contributed by atoms with Gasteiger partial charge in [0.2, 0.25) is 0 Å². The molecule has 2 rings (SSSR count). The highest BCUT2D eigenvalue weighted by atomic mass is 32.2. The Morgan fingerprint density at radius 2 is 1.86 bits per heavy atom. The lowest BCUT2D eigenvalue weighted by Crippen LogP contribution is -2.61. The van der Waals surface area contributed by atoms with Gasteiger partial charge in [0.05, 0.1) is 12.5 Å². The van der Waals surface area contributed by atoms with Crippen molar-refractivity contribution in [3.05, 3.63) is 0 Å². The quantitative estimate of drug-likeness (QED) is 0.824. The molecule has 3 atom stereocenters. The number of amides is 2. The average Bonchev–Trinajstić information content (AvgIpc) is 2.43. The number of piperazine rings is 1. The van der Waals surface area contributed by atoms with E-state index < -0.39 is 5.97 Å².